The number of nitrogens with zero attached hydrogens (tertiary/aromatic N) is 1. The number of carbonyl (C=O) groups excluding carboxylic acids is 2. The third-order valence-corrected chi connectivity index (χ3v) is 4.45. The van der Waals surface area contributed by atoms with Crippen LogP contribution in [0.25, 0.3) is 0 Å². The van der Waals surface area contributed by atoms with Crippen LogP contribution < -0.4 is 15.0 Å². The average molecular weight is 385 g/mol. The van der Waals surface area contributed by atoms with Crippen molar-refractivity contribution in [1.29, 1.82) is 0 Å². The molecule has 0 aromatic heterocycles. The van der Waals surface area contributed by atoms with Crippen LogP contribution in [0.4, 0.5) is 5.69 Å². The van der Waals surface area contributed by atoms with E-state index in [1.54, 1.807) is 29.2 Å². The summed E-state index contributed by atoms with van der Waals surface area (Å²) in [5.41, 5.74) is 1.22. The van der Waals surface area contributed by atoms with Gasteiger partial charge in [-0.15, -0.1) is 0 Å². The van der Waals surface area contributed by atoms with E-state index in [1.807, 2.05) is 51.2 Å². The predicted molar refractivity (Wildman–Crippen MR) is 111 cm³/mol. The summed E-state index contributed by atoms with van der Waals surface area (Å²) >= 11 is 0. The molecule has 2 rings (SSSR count). The van der Waals surface area contributed by atoms with E-state index in [1.165, 1.54) is 0 Å². The molecule has 1 atom stereocenters. The van der Waals surface area contributed by atoms with Gasteiger partial charge in [-0.1, -0.05) is 24.3 Å². The van der Waals surface area contributed by atoms with E-state index in [-0.39, 0.29) is 11.8 Å². The van der Waals surface area contributed by atoms with E-state index in [2.05, 4.69) is 5.32 Å². The summed E-state index contributed by atoms with van der Waals surface area (Å²) in [6.07, 6.45) is 0. The Balaban J connectivity index is 1.82. The van der Waals surface area contributed by atoms with Gasteiger partial charge in [0.05, 0.1) is 7.05 Å². The van der Waals surface area contributed by atoms with Crippen LogP contribution in [0, 0.1) is 0 Å². The Hall–Kier alpha value is -2.86. The Bertz CT molecular complexity index is 761. The highest BCUT2D eigenvalue weighted by Gasteiger charge is 2.14. The standard InChI is InChI=1S/C22H29N3O3/c1-4-25(5-2)22(27)18-10-9-11-19(16-18)23-21(26)17-24(3)14-15-28-20-12-7-6-8-13-20/h6-13,16H,4-5,14-15,17H2,1-3H3,(H,23,26)/p+1. The van der Waals surface area contributed by atoms with Gasteiger partial charge in [0.25, 0.3) is 11.8 Å². The normalized spacial score (nSPS) is 11.5. The lowest BCUT2D eigenvalue weighted by molar-refractivity contribution is -0.871. The van der Waals surface area contributed by atoms with E-state index >= 15 is 0 Å². The molecule has 6 nitrogen and oxygen atoms in total. The number of benzene rings is 2. The quantitative estimate of drug-likeness (QED) is 0.655. The van der Waals surface area contributed by atoms with Crippen molar-refractivity contribution in [1.82, 2.24) is 4.90 Å². The second-order valence-corrected chi connectivity index (χ2v) is 6.65. The van der Waals surface area contributed by atoms with E-state index in [9.17, 15) is 9.59 Å². The lowest BCUT2D eigenvalue weighted by atomic mass is 10.1. The van der Waals surface area contributed by atoms with E-state index in [0.717, 1.165) is 10.6 Å². The second-order valence-electron chi connectivity index (χ2n) is 6.65. The third-order valence-electron chi connectivity index (χ3n) is 4.45. The molecule has 0 bridgehead atoms. The first kappa shape index (κ1) is 21.4. The number of ether oxygens (including phenoxy) is 1. The zero-order valence-electron chi connectivity index (χ0n) is 16.9. The van der Waals surface area contributed by atoms with Crippen molar-refractivity contribution in [2.45, 2.75) is 13.8 Å². The monoisotopic (exact) mass is 384 g/mol. The molecular weight excluding hydrogens is 354 g/mol. The van der Waals surface area contributed by atoms with Gasteiger partial charge < -0.3 is 19.9 Å². The van der Waals surface area contributed by atoms with Crippen LogP contribution in [-0.2, 0) is 4.79 Å². The maximum absolute atomic E-state index is 12.5. The first-order chi connectivity index (χ1) is 13.5. The van der Waals surface area contributed by atoms with Crippen molar-refractivity contribution < 1.29 is 19.2 Å². The highest BCUT2D eigenvalue weighted by molar-refractivity contribution is 5.97. The molecule has 1 unspecified atom stereocenters. The van der Waals surface area contributed by atoms with Crippen molar-refractivity contribution >= 4 is 17.5 Å². The largest absolute Gasteiger partial charge is 0.488 e. The highest BCUT2D eigenvalue weighted by atomic mass is 16.5. The molecule has 28 heavy (non-hydrogen) atoms. The molecule has 2 aromatic rings. The van der Waals surface area contributed by atoms with Gasteiger partial charge in [-0.25, -0.2) is 0 Å². The van der Waals surface area contributed by atoms with Crippen molar-refractivity contribution in [2.75, 3.05) is 45.2 Å². The van der Waals surface area contributed by atoms with Crippen LogP contribution in [0.5, 0.6) is 5.75 Å². The molecule has 0 saturated heterocycles. The molecule has 0 aliphatic heterocycles. The van der Waals surface area contributed by atoms with E-state index < -0.39 is 0 Å². The van der Waals surface area contributed by atoms with E-state index in [4.69, 9.17) is 4.74 Å². The number of carbonyl (C=O) groups is 2. The van der Waals surface area contributed by atoms with Gasteiger partial charge in [-0.3, -0.25) is 9.59 Å². The summed E-state index contributed by atoms with van der Waals surface area (Å²) in [4.78, 5) is 27.6. The summed E-state index contributed by atoms with van der Waals surface area (Å²) in [5, 5.41) is 2.88. The van der Waals surface area contributed by atoms with Gasteiger partial charge in [0.2, 0.25) is 0 Å². The lowest BCUT2D eigenvalue weighted by Gasteiger charge is -2.19. The topological polar surface area (TPSA) is 63.1 Å². The minimum Gasteiger partial charge on any atom is -0.488 e. The molecule has 0 saturated carbocycles. The fourth-order valence-electron chi connectivity index (χ4n) is 2.85. The Morgan fingerprint density at radius 1 is 1.04 bits per heavy atom. The predicted octanol–water partition coefficient (Wildman–Crippen LogP) is 1.70. The summed E-state index contributed by atoms with van der Waals surface area (Å²) in [5.74, 6) is 0.709. The maximum atomic E-state index is 12.5. The average Bonchev–Trinajstić information content (AvgIpc) is 2.69. The van der Waals surface area contributed by atoms with Gasteiger partial charge in [0, 0.05) is 24.3 Å². The van der Waals surface area contributed by atoms with Crippen LogP contribution >= 0.6 is 0 Å². The first-order valence-electron chi connectivity index (χ1n) is 9.71. The number of rotatable bonds is 10. The number of hydrogen-bond acceptors (Lipinski definition) is 3. The van der Waals surface area contributed by atoms with E-state index in [0.29, 0.717) is 44.0 Å². The van der Waals surface area contributed by atoms with Gasteiger partial charge in [-0.2, -0.15) is 0 Å². The van der Waals surface area contributed by atoms with Crippen molar-refractivity contribution in [3.8, 4) is 5.75 Å². The number of nitrogens with one attached hydrogen (secondary N) is 2. The summed E-state index contributed by atoms with van der Waals surface area (Å²) < 4.78 is 5.67. The fraction of sp³-hybridized carbons (Fsp3) is 0.364. The molecule has 0 radical (unpaired) electrons. The van der Waals surface area contributed by atoms with Crippen LogP contribution in [-0.4, -0.2) is 56.5 Å². The summed E-state index contributed by atoms with van der Waals surface area (Å²) in [7, 11) is 1.95. The van der Waals surface area contributed by atoms with Crippen LogP contribution in [0.2, 0.25) is 0 Å². The van der Waals surface area contributed by atoms with Crippen LogP contribution in [0.15, 0.2) is 54.6 Å². The number of amides is 2. The van der Waals surface area contributed by atoms with Crippen LogP contribution in [0.3, 0.4) is 0 Å². The SMILES string of the molecule is CCN(CC)C(=O)c1cccc(NC(=O)C[NH+](C)CCOc2ccccc2)c1. The molecule has 0 spiro atoms. The molecule has 0 heterocycles. The lowest BCUT2D eigenvalue weighted by Crippen LogP contribution is -3.10. The van der Waals surface area contributed by atoms with Crippen molar-refractivity contribution in [3.05, 3.63) is 60.2 Å². The molecule has 0 fully saturated rings. The van der Waals surface area contributed by atoms with Gasteiger partial charge >= 0.3 is 0 Å². The smallest absolute Gasteiger partial charge is 0.279 e. The molecule has 150 valence electrons. The van der Waals surface area contributed by atoms with Gasteiger partial charge in [0.1, 0.15) is 18.9 Å². The Morgan fingerprint density at radius 3 is 2.43 bits per heavy atom. The first-order valence-corrected chi connectivity index (χ1v) is 9.71. The third kappa shape index (κ3) is 6.70. The zero-order chi connectivity index (χ0) is 20.4. The fourth-order valence-corrected chi connectivity index (χ4v) is 2.85. The van der Waals surface area contributed by atoms with Crippen molar-refractivity contribution in [3.63, 3.8) is 0 Å². The highest BCUT2D eigenvalue weighted by Crippen LogP contribution is 2.13. The minimum atomic E-state index is -0.0929. The second kappa shape index (κ2) is 11.1. The molecular formula is C22H30N3O3+. The Labute approximate surface area is 167 Å². The molecule has 2 N–H and O–H groups in total. The number of para-hydroxylation sites is 1. The molecule has 6 heteroatoms. The van der Waals surface area contributed by atoms with Gasteiger partial charge in [0.15, 0.2) is 6.54 Å². The number of anilines is 1. The zero-order valence-corrected chi connectivity index (χ0v) is 16.9. The summed E-state index contributed by atoms with van der Waals surface area (Å²) in [6, 6.07) is 16.7. The number of quaternary nitrogens is 1. The van der Waals surface area contributed by atoms with Gasteiger partial charge in [-0.05, 0) is 44.2 Å². The Kier molecular flexibility index (Phi) is 8.49. The molecule has 2 amide bonds. The van der Waals surface area contributed by atoms with Crippen LogP contribution in [0.1, 0.15) is 24.2 Å². The number of likely N-dealkylation sites (N-methyl/N-ethyl adjacent to an activating group) is 1. The molecule has 0 aliphatic rings. The molecule has 0 aliphatic carbocycles. The molecule has 2 aromatic carbocycles. The number of hydrogen-bond donors (Lipinski definition) is 2. The minimum absolute atomic E-state index is 0.0260. The maximum Gasteiger partial charge on any atom is 0.279 e. The summed E-state index contributed by atoms with van der Waals surface area (Å²) in [6.45, 7) is 6.79. The van der Waals surface area contributed by atoms with Crippen molar-refractivity contribution in [2.24, 2.45) is 0 Å². The Morgan fingerprint density at radius 2 is 1.75 bits per heavy atom.